The van der Waals surface area contributed by atoms with Crippen molar-refractivity contribution in [3.8, 4) is 11.5 Å². The Bertz CT molecular complexity index is 696. The van der Waals surface area contributed by atoms with Crippen molar-refractivity contribution in [1.82, 2.24) is 5.32 Å². The lowest BCUT2D eigenvalue weighted by molar-refractivity contribution is -0.123. The van der Waals surface area contributed by atoms with Gasteiger partial charge in [0.1, 0.15) is 18.1 Å². The zero-order chi connectivity index (χ0) is 17.5. The average Bonchev–Trinajstić information content (AvgIpc) is 2.56. The molecule has 1 amide bonds. The lowest BCUT2D eigenvalue weighted by Crippen LogP contribution is -2.32. The van der Waals surface area contributed by atoms with Crippen LogP contribution in [0.1, 0.15) is 11.1 Å². The van der Waals surface area contributed by atoms with Crippen molar-refractivity contribution >= 4 is 29.1 Å². The normalized spacial score (nSPS) is 10.3. The monoisotopic (exact) mass is 367 g/mol. The Morgan fingerprint density at radius 1 is 1.08 bits per heavy atom. The van der Waals surface area contributed by atoms with Crippen molar-refractivity contribution in [2.24, 2.45) is 0 Å². The SMILES string of the molecule is Cc1cc(OCC(=O)NCCOc2ccccc2Cl)cc(C)c1Cl. The van der Waals surface area contributed by atoms with Crippen LogP contribution in [0.2, 0.25) is 10.0 Å². The molecule has 2 rings (SSSR count). The van der Waals surface area contributed by atoms with Crippen molar-refractivity contribution < 1.29 is 14.3 Å². The zero-order valence-electron chi connectivity index (χ0n) is 13.6. The van der Waals surface area contributed by atoms with Crippen molar-refractivity contribution in [3.05, 3.63) is 57.6 Å². The minimum absolute atomic E-state index is 0.0629. The molecule has 0 radical (unpaired) electrons. The molecule has 0 bridgehead atoms. The lowest BCUT2D eigenvalue weighted by Gasteiger charge is -2.11. The van der Waals surface area contributed by atoms with Crippen LogP contribution in [-0.2, 0) is 4.79 Å². The van der Waals surface area contributed by atoms with Gasteiger partial charge in [-0.2, -0.15) is 0 Å². The van der Waals surface area contributed by atoms with E-state index in [0.717, 1.165) is 11.1 Å². The van der Waals surface area contributed by atoms with Crippen LogP contribution in [0, 0.1) is 13.8 Å². The number of hydrogen-bond acceptors (Lipinski definition) is 3. The standard InChI is InChI=1S/C18H19Cl2NO3/c1-12-9-14(10-13(2)18(12)20)24-11-17(22)21-7-8-23-16-6-4-3-5-15(16)19/h3-6,9-10H,7-8,11H2,1-2H3,(H,21,22). The molecule has 0 spiro atoms. The third-order valence-corrected chi connectivity index (χ3v) is 4.21. The van der Waals surface area contributed by atoms with Gasteiger partial charge in [0, 0.05) is 5.02 Å². The highest BCUT2D eigenvalue weighted by molar-refractivity contribution is 6.32. The second-order valence-corrected chi connectivity index (χ2v) is 6.07. The summed E-state index contributed by atoms with van der Waals surface area (Å²) in [5.74, 6) is 0.997. The molecule has 6 heteroatoms. The summed E-state index contributed by atoms with van der Waals surface area (Å²) in [4.78, 5) is 11.8. The first-order chi connectivity index (χ1) is 11.5. The van der Waals surface area contributed by atoms with E-state index in [4.69, 9.17) is 32.7 Å². The number of benzene rings is 2. The molecular formula is C18H19Cl2NO3. The first-order valence-corrected chi connectivity index (χ1v) is 8.26. The number of amides is 1. The maximum Gasteiger partial charge on any atom is 0.258 e. The fourth-order valence-electron chi connectivity index (χ4n) is 2.10. The molecule has 24 heavy (non-hydrogen) atoms. The fourth-order valence-corrected chi connectivity index (χ4v) is 2.40. The highest BCUT2D eigenvalue weighted by Crippen LogP contribution is 2.25. The highest BCUT2D eigenvalue weighted by Gasteiger charge is 2.07. The van der Waals surface area contributed by atoms with Crippen molar-refractivity contribution in [1.29, 1.82) is 0 Å². The number of para-hydroxylation sites is 1. The summed E-state index contributed by atoms with van der Waals surface area (Å²) in [6.45, 7) is 4.43. The zero-order valence-corrected chi connectivity index (χ0v) is 15.1. The number of hydrogen-bond donors (Lipinski definition) is 1. The molecule has 128 valence electrons. The largest absolute Gasteiger partial charge is 0.490 e. The molecule has 0 aliphatic heterocycles. The molecule has 2 aromatic rings. The van der Waals surface area contributed by atoms with Crippen LogP contribution in [0.25, 0.3) is 0 Å². The molecule has 0 atom stereocenters. The van der Waals surface area contributed by atoms with Gasteiger partial charge in [0.15, 0.2) is 6.61 Å². The summed E-state index contributed by atoms with van der Waals surface area (Å²) in [7, 11) is 0. The van der Waals surface area contributed by atoms with E-state index >= 15 is 0 Å². The number of nitrogens with one attached hydrogen (secondary N) is 1. The number of ether oxygens (including phenoxy) is 2. The predicted molar refractivity (Wildman–Crippen MR) is 96.4 cm³/mol. The summed E-state index contributed by atoms with van der Waals surface area (Å²) in [6, 6.07) is 10.8. The van der Waals surface area contributed by atoms with Gasteiger partial charge in [0.05, 0.1) is 11.6 Å². The Kier molecular flexibility index (Phi) is 6.76. The predicted octanol–water partition coefficient (Wildman–Crippen LogP) is 4.18. The van der Waals surface area contributed by atoms with Crippen LogP contribution in [0.5, 0.6) is 11.5 Å². The summed E-state index contributed by atoms with van der Waals surface area (Å²) < 4.78 is 11.0. The lowest BCUT2D eigenvalue weighted by atomic mass is 10.1. The van der Waals surface area contributed by atoms with E-state index in [0.29, 0.717) is 34.7 Å². The third-order valence-electron chi connectivity index (χ3n) is 3.30. The Morgan fingerprint density at radius 3 is 2.42 bits per heavy atom. The summed E-state index contributed by atoms with van der Waals surface area (Å²) in [5.41, 5.74) is 1.83. The number of rotatable bonds is 7. The van der Waals surface area contributed by atoms with Crippen LogP contribution in [0.3, 0.4) is 0 Å². The molecule has 0 aromatic heterocycles. The molecule has 0 saturated carbocycles. The van der Waals surface area contributed by atoms with E-state index in [1.54, 1.807) is 12.1 Å². The van der Waals surface area contributed by atoms with Crippen LogP contribution in [0.15, 0.2) is 36.4 Å². The number of carbonyl (C=O) groups excluding carboxylic acids is 1. The third kappa shape index (κ3) is 5.32. The van der Waals surface area contributed by atoms with Crippen LogP contribution >= 0.6 is 23.2 Å². The molecule has 0 heterocycles. The van der Waals surface area contributed by atoms with E-state index < -0.39 is 0 Å². The van der Waals surface area contributed by atoms with E-state index in [1.807, 2.05) is 38.1 Å². The molecular weight excluding hydrogens is 349 g/mol. The summed E-state index contributed by atoms with van der Waals surface area (Å²) in [5, 5.41) is 3.98. The first-order valence-electron chi connectivity index (χ1n) is 7.51. The Labute approximate surface area is 151 Å². The Morgan fingerprint density at radius 2 is 1.75 bits per heavy atom. The van der Waals surface area contributed by atoms with Crippen molar-refractivity contribution in [2.75, 3.05) is 19.8 Å². The molecule has 1 N–H and O–H groups in total. The highest BCUT2D eigenvalue weighted by atomic mass is 35.5. The van der Waals surface area contributed by atoms with Gasteiger partial charge in [0.2, 0.25) is 0 Å². The van der Waals surface area contributed by atoms with E-state index in [1.165, 1.54) is 0 Å². The molecule has 0 fully saturated rings. The molecule has 0 unspecified atom stereocenters. The second kappa shape index (κ2) is 8.81. The minimum atomic E-state index is -0.219. The number of carbonyl (C=O) groups is 1. The maximum absolute atomic E-state index is 11.8. The molecule has 4 nitrogen and oxygen atoms in total. The quantitative estimate of drug-likeness (QED) is 0.746. The van der Waals surface area contributed by atoms with Crippen LogP contribution in [0.4, 0.5) is 0 Å². The van der Waals surface area contributed by atoms with Gasteiger partial charge in [-0.05, 0) is 49.2 Å². The summed E-state index contributed by atoms with van der Waals surface area (Å²) >= 11 is 12.1. The molecule has 0 aliphatic carbocycles. The van der Waals surface area contributed by atoms with E-state index in [2.05, 4.69) is 5.32 Å². The van der Waals surface area contributed by atoms with Gasteiger partial charge in [-0.3, -0.25) is 4.79 Å². The van der Waals surface area contributed by atoms with Gasteiger partial charge in [-0.15, -0.1) is 0 Å². The van der Waals surface area contributed by atoms with Gasteiger partial charge in [-0.25, -0.2) is 0 Å². The van der Waals surface area contributed by atoms with Crippen LogP contribution in [-0.4, -0.2) is 25.7 Å². The maximum atomic E-state index is 11.8. The minimum Gasteiger partial charge on any atom is -0.490 e. The van der Waals surface area contributed by atoms with Gasteiger partial charge >= 0.3 is 0 Å². The number of halogens is 2. The van der Waals surface area contributed by atoms with Crippen LogP contribution < -0.4 is 14.8 Å². The molecule has 2 aromatic carbocycles. The topological polar surface area (TPSA) is 47.6 Å². The fraction of sp³-hybridized carbons (Fsp3) is 0.278. The Balaban J connectivity index is 1.71. The molecule has 0 saturated heterocycles. The second-order valence-electron chi connectivity index (χ2n) is 5.29. The van der Waals surface area contributed by atoms with Gasteiger partial charge < -0.3 is 14.8 Å². The van der Waals surface area contributed by atoms with E-state index in [-0.39, 0.29) is 12.5 Å². The van der Waals surface area contributed by atoms with Gasteiger partial charge in [-0.1, -0.05) is 35.3 Å². The van der Waals surface area contributed by atoms with Gasteiger partial charge in [0.25, 0.3) is 5.91 Å². The van der Waals surface area contributed by atoms with E-state index in [9.17, 15) is 4.79 Å². The first kappa shape index (κ1) is 18.4. The molecule has 0 aliphatic rings. The van der Waals surface area contributed by atoms with Crippen molar-refractivity contribution in [2.45, 2.75) is 13.8 Å². The summed E-state index contributed by atoms with van der Waals surface area (Å²) in [6.07, 6.45) is 0. The smallest absolute Gasteiger partial charge is 0.258 e. The van der Waals surface area contributed by atoms with Crippen molar-refractivity contribution in [3.63, 3.8) is 0 Å². The number of aryl methyl sites for hydroxylation is 2. The average molecular weight is 368 g/mol. The Hall–Kier alpha value is -1.91.